The van der Waals surface area contributed by atoms with E-state index in [0.717, 1.165) is 35.8 Å². The van der Waals surface area contributed by atoms with Crippen LogP contribution in [0.5, 0.6) is 0 Å². The van der Waals surface area contributed by atoms with E-state index in [2.05, 4.69) is 38.2 Å². The molecule has 19 heavy (non-hydrogen) atoms. The molecule has 0 radical (unpaired) electrons. The maximum absolute atomic E-state index is 4.62. The largest absolute Gasteiger partial charge is 0.356 e. The molecule has 1 aromatic carbocycles. The number of guanidine groups is 1. The van der Waals surface area contributed by atoms with E-state index in [1.165, 1.54) is 0 Å². The molecular formula is C14H21N5. The van der Waals surface area contributed by atoms with Gasteiger partial charge in [0, 0.05) is 20.6 Å². The minimum absolute atomic E-state index is 0.661. The van der Waals surface area contributed by atoms with Crippen LogP contribution in [0, 0.1) is 0 Å². The molecule has 0 atom stereocenters. The fourth-order valence-corrected chi connectivity index (χ4v) is 1.98. The summed E-state index contributed by atoms with van der Waals surface area (Å²) in [6.45, 7) is 3.71. The molecule has 5 nitrogen and oxygen atoms in total. The Kier molecular flexibility index (Phi) is 4.39. The van der Waals surface area contributed by atoms with Crippen LogP contribution in [0.25, 0.3) is 11.0 Å². The molecule has 2 N–H and O–H groups in total. The van der Waals surface area contributed by atoms with E-state index in [9.17, 15) is 0 Å². The number of aryl methyl sites for hydroxylation is 1. The number of para-hydroxylation sites is 2. The maximum Gasteiger partial charge on any atom is 0.191 e. The van der Waals surface area contributed by atoms with E-state index in [1.54, 1.807) is 7.05 Å². The van der Waals surface area contributed by atoms with Crippen molar-refractivity contribution in [2.75, 3.05) is 13.6 Å². The van der Waals surface area contributed by atoms with Gasteiger partial charge in [-0.3, -0.25) is 4.99 Å². The van der Waals surface area contributed by atoms with Gasteiger partial charge in [-0.2, -0.15) is 0 Å². The highest BCUT2D eigenvalue weighted by Crippen LogP contribution is 2.13. The Bertz CT molecular complexity index is 570. The lowest BCUT2D eigenvalue weighted by molar-refractivity contribution is 0.730. The second-order valence-electron chi connectivity index (χ2n) is 4.43. The van der Waals surface area contributed by atoms with Gasteiger partial charge in [0.2, 0.25) is 0 Å². The van der Waals surface area contributed by atoms with Crippen molar-refractivity contribution in [3.63, 3.8) is 0 Å². The summed E-state index contributed by atoms with van der Waals surface area (Å²) >= 11 is 0. The summed E-state index contributed by atoms with van der Waals surface area (Å²) in [5.41, 5.74) is 2.18. The van der Waals surface area contributed by atoms with E-state index in [-0.39, 0.29) is 0 Å². The number of nitrogens with zero attached hydrogens (tertiary/aromatic N) is 3. The van der Waals surface area contributed by atoms with E-state index in [4.69, 9.17) is 0 Å². The standard InChI is InChI=1S/C14H21N5/c1-4-9-16-14(15-2)17-10-13-18-11-7-5-6-8-12(11)19(13)3/h5-8H,4,9-10H2,1-3H3,(H2,15,16,17). The molecule has 0 aliphatic rings. The van der Waals surface area contributed by atoms with Gasteiger partial charge in [0.15, 0.2) is 5.96 Å². The van der Waals surface area contributed by atoms with Crippen LogP contribution in [-0.4, -0.2) is 29.1 Å². The first-order chi connectivity index (χ1) is 9.26. The second kappa shape index (κ2) is 6.22. The van der Waals surface area contributed by atoms with Gasteiger partial charge in [-0.25, -0.2) is 4.98 Å². The lowest BCUT2D eigenvalue weighted by Gasteiger charge is -2.10. The number of fused-ring (bicyclic) bond motifs is 1. The van der Waals surface area contributed by atoms with Crippen LogP contribution >= 0.6 is 0 Å². The van der Waals surface area contributed by atoms with Crippen molar-refractivity contribution in [2.45, 2.75) is 19.9 Å². The molecule has 0 aliphatic carbocycles. The zero-order chi connectivity index (χ0) is 13.7. The SMILES string of the molecule is CCCNC(=NC)NCc1nc2ccccc2n1C. The third kappa shape index (κ3) is 3.05. The van der Waals surface area contributed by atoms with Gasteiger partial charge in [0.05, 0.1) is 17.6 Å². The van der Waals surface area contributed by atoms with Crippen molar-refractivity contribution in [2.24, 2.45) is 12.0 Å². The summed E-state index contributed by atoms with van der Waals surface area (Å²) < 4.78 is 2.11. The number of imidazole rings is 1. The monoisotopic (exact) mass is 259 g/mol. The average Bonchev–Trinajstić information content (AvgIpc) is 2.76. The van der Waals surface area contributed by atoms with Crippen molar-refractivity contribution >= 4 is 17.0 Å². The van der Waals surface area contributed by atoms with Crippen LogP contribution in [0.2, 0.25) is 0 Å². The minimum atomic E-state index is 0.661. The van der Waals surface area contributed by atoms with Gasteiger partial charge in [-0.15, -0.1) is 0 Å². The molecule has 1 heterocycles. The zero-order valence-corrected chi connectivity index (χ0v) is 11.8. The van der Waals surface area contributed by atoms with Crippen molar-refractivity contribution in [3.05, 3.63) is 30.1 Å². The van der Waals surface area contributed by atoms with Crippen molar-refractivity contribution < 1.29 is 0 Å². The van der Waals surface area contributed by atoms with Gasteiger partial charge in [-0.1, -0.05) is 19.1 Å². The van der Waals surface area contributed by atoms with E-state index >= 15 is 0 Å². The number of aromatic nitrogens is 2. The summed E-state index contributed by atoms with van der Waals surface area (Å²) in [5, 5.41) is 6.52. The van der Waals surface area contributed by atoms with Crippen LogP contribution in [0.1, 0.15) is 19.2 Å². The minimum Gasteiger partial charge on any atom is -0.356 e. The molecule has 0 amide bonds. The fraction of sp³-hybridized carbons (Fsp3) is 0.429. The fourth-order valence-electron chi connectivity index (χ4n) is 1.98. The maximum atomic E-state index is 4.62. The topological polar surface area (TPSA) is 54.2 Å². The van der Waals surface area contributed by atoms with Crippen LogP contribution in [0.3, 0.4) is 0 Å². The highest BCUT2D eigenvalue weighted by molar-refractivity contribution is 5.80. The first kappa shape index (κ1) is 13.4. The molecule has 0 spiro atoms. The molecule has 5 heteroatoms. The highest BCUT2D eigenvalue weighted by Gasteiger charge is 2.07. The summed E-state index contributed by atoms with van der Waals surface area (Å²) in [6, 6.07) is 8.15. The molecular weight excluding hydrogens is 238 g/mol. The lowest BCUT2D eigenvalue weighted by atomic mass is 10.3. The Labute approximate surface area is 113 Å². The third-order valence-electron chi connectivity index (χ3n) is 3.06. The van der Waals surface area contributed by atoms with Crippen LogP contribution < -0.4 is 10.6 Å². The summed E-state index contributed by atoms with van der Waals surface area (Å²) in [7, 11) is 3.81. The number of hydrogen-bond donors (Lipinski definition) is 2. The Hall–Kier alpha value is -2.04. The lowest BCUT2D eigenvalue weighted by Crippen LogP contribution is -2.37. The number of benzene rings is 1. The Balaban J connectivity index is 2.07. The Morgan fingerprint density at radius 3 is 2.79 bits per heavy atom. The predicted molar refractivity (Wildman–Crippen MR) is 79.2 cm³/mol. The zero-order valence-electron chi connectivity index (χ0n) is 11.8. The Morgan fingerprint density at radius 2 is 2.11 bits per heavy atom. The second-order valence-corrected chi connectivity index (χ2v) is 4.43. The van der Waals surface area contributed by atoms with Gasteiger partial charge in [0.25, 0.3) is 0 Å². The smallest absolute Gasteiger partial charge is 0.191 e. The van der Waals surface area contributed by atoms with Crippen LogP contribution in [-0.2, 0) is 13.6 Å². The molecule has 102 valence electrons. The number of nitrogens with one attached hydrogen (secondary N) is 2. The average molecular weight is 259 g/mol. The van der Waals surface area contributed by atoms with Gasteiger partial charge in [0.1, 0.15) is 5.82 Å². The normalized spacial score (nSPS) is 11.8. The van der Waals surface area contributed by atoms with Crippen molar-refractivity contribution in [1.29, 1.82) is 0 Å². The molecule has 0 bridgehead atoms. The van der Waals surface area contributed by atoms with Crippen LogP contribution in [0.4, 0.5) is 0 Å². The highest BCUT2D eigenvalue weighted by atomic mass is 15.2. The quantitative estimate of drug-likeness (QED) is 0.648. The molecule has 2 aromatic rings. The number of rotatable bonds is 4. The van der Waals surface area contributed by atoms with Crippen molar-refractivity contribution in [1.82, 2.24) is 20.2 Å². The van der Waals surface area contributed by atoms with Gasteiger partial charge >= 0.3 is 0 Å². The summed E-state index contributed by atoms with van der Waals surface area (Å²) in [5.74, 6) is 1.81. The summed E-state index contributed by atoms with van der Waals surface area (Å²) in [6.07, 6.45) is 1.08. The van der Waals surface area contributed by atoms with E-state index in [0.29, 0.717) is 6.54 Å². The van der Waals surface area contributed by atoms with E-state index in [1.807, 2.05) is 25.2 Å². The number of hydrogen-bond acceptors (Lipinski definition) is 2. The first-order valence-electron chi connectivity index (χ1n) is 6.61. The molecule has 0 unspecified atom stereocenters. The van der Waals surface area contributed by atoms with Crippen LogP contribution in [0.15, 0.2) is 29.3 Å². The predicted octanol–water partition coefficient (Wildman–Crippen LogP) is 1.65. The molecule has 2 rings (SSSR count). The van der Waals surface area contributed by atoms with Gasteiger partial charge < -0.3 is 15.2 Å². The van der Waals surface area contributed by atoms with Gasteiger partial charge in [-0.05, 0) is 18.6 Å². The molecule has 1 aromatic heterocycles. The van der Waals surface area contributed by atoms with Crippen molar-refractivity contribution in [3.8, 4) is 0 Å². The molecule has 0 fully saturated rings. The molecule has 0 aliphatic heterocycles. The molecule has 0 saturated carbocycles. The first-order valence-corrected chi connectivity index (χ1v) is 6.61. The summed E-state index contributed by atoms with van der Waals surface area (Å²) in [4.78, 5) is 8.80. The Morgan fingerprint density at radius 1 is 1.32 bits per heavy atom. The number of aliphatic imine (C=N–C) groups is 1. The van der Waals surface area contributed by atoms with E-state index < -0.39 is 0 Å². The third-order valence-corrected chi connectivity index (χ3v) is 3.06. The molecule has 0 saturated heterocycles.